The van der Waals surface area contributed by atoms with E-state index in [0.29, 0.717) is 0 Å². The van der Waals surface area contributed by atoms with Crippen LogP contribution in [-0.2, 0) is 16.8 Å². The number of rotatable bonds is 5. The molecule has 0 saturated heterocycles. The van der Waals surface area contributed by atoms with Gasteiger partial charge in [-0.25, -0.2) is 4.72 Å². The van der Waals surface area contributed by atoms with Crippen LogP contribution in [0.15, 0.2) is 24.5 Å². The van der Waals surface area contributed by atoms with Gasteiger partial charge < -0.3 is 0 Å². The second-order valence-electron chi connectivity index (χ2n) is 2.99. The van der Waals surface area contributed by atoms with Gasteiger partial charge in [0.2, 0.25) is 0 Å². The molecule has 1 heterocycles. The lowest BCUT2D eigenvalue weighted by atomic mass is 10.3. The average Bonchev–Trinajstić information content (AvgIpc) is 2.30. The van der Waals surface area contributed by atoms with E-state index in [1.54, 1.807) is 24.5 Å². The third kappa shape index (κ3) is 3.27. The smallest absolute Gasteiger partial charge is 0.265 e. The van der Waals surface area contributed by atoms with Crippen molar-refractivity contribution in [3.8, 4) is 6.07 Å². The monoisotopic (exact) mass is 240 g/mol. The molecule has 86 valence electrons. The summed E-state index contributed by atoms with van der Waals surface area (Å²) in [5.41, 5.74) is 0.782. The second kappa shape index (κ2) is 5.55. The number of nitriles is 1. The van der Waals surface area contributed by atoms with Crippen LogP contribution in [0.2, 0.25) is 0 Å². The average molecular weight is 240 g/mol. The molecule has 1 rings (SSSR count). The predicted molar refractivity (Wildman–Crippen MR) is 58.2 cm³/mol. The standard InChI is InChI=1S/C9H12N4O2S/c1-11-16(14,15)13(7-4-10)8-9-2-5-12-6-3-9/h2-3,5-6,11H,7-8H2,1H3. The summed E-state index contributed by atoms with van der Waals surface area (Å²) in [5.74, 6) is 0. The lowest BCUT2D eigenvalue weighted by Gasteiger charge is -2.17. The van der Waals surface area contributed by atoms with Crippen molar-refractivity contribution in [1.29, 1.82) is 5.26 Å². The van der Waals surface area contributed by atoms with Gasteiger partial charge in [0, 0.05) is 26.0 Å². The normalized spacial score (nSPS) is 11.3. The quantitative estimate of drug-likeness (QED) is 0.726. The number of nitrogens with one attached hydrogen (secondary N) is 1. The van der Waals surface area contributed by atoms with E-state index in [-0.39, 0.29) is 13.1 Å². The van der Waals surface area contributed by atoms with Gasteiger partial charge >= 0.3 is 0 Å². The second-order valence-corrected chi connectivity index (χ2v) is 4.87. The number of hydrogen-bond donors (Lipinski definition) is 1. The Morgan fingerprint density at radius 3 is 2.62 bits per heavy atom. The maximum absolute atomic E-state index is 11.5. The van der Waals surface area contributed by atoms with E-state index < -0.39 is 10.2 Å². The van der Waals surface area contributed by atoms with Crippen LogP contribution in [0.1, 0.15) is 5.56 Å². The molecule has 0 amide bonds. The molecule has 0 radical (unpaired) electrons. The fourth-order valence-corrected chi connectivity index (χ4v) is 1.93. The number of pyridine rings is 1. The summed E-state index contributed by atoms with van der Waals surface area (Å²) in [5, 5.41) is 8.58. The van der Waals surface area contributed by atoms with E-state index in [0.717, 1.165) is 9.87 Å². The Bertz CT molecular complexity index is 466. The first-order chi connectivity index (χ1) is 7.60. The molecule has 0 aromatic carbocycles. The van der Waals surface area contributed by atoms with Crippen molar-refractivity contribution in [2.45, 2.75) is 6.54 Å². The Labute approximate surface area is 94.7 Å². The predicted octanol–water partition coefficient (Wildman–Crippen LogP) is -0.129. The summed E-state index contributed by atoms with van der Waals surface area (Å²) in [7, 11) is -2.27. The minimum Gasteiger partial charge on any atom is -0.265 e. The first-order valence-corrected chi connectivity index (χ1v) is 5.98. The lowest BCUT2D eigenvalue weighted by Crippen LogP contribution is -2.38. The summed E-state index contributed by atoms with van der Waals surface area (Å²) >= 11 is 0. The van der Waals surface area contributed by atoms with Crippen molar-refractivity contribution in [3.63, 3.8) is 0 Å². The Hall–Kier alpha value is -1.49. The Kier molecular flexibility index (Phi) is 4.37. The van der Waals surface area contributed by atoms with Crippen molar-refractivity contribution in [2.75, 3.05) is 13.6 Å². The van der Waals surface area contributed by atoms with E-state index in [1.807, 2.05) is 6.07 Å². The largest absolute Gasteiger partial charge is 0.280 e. The number of aromatic nitrogens is 1. The SMILES string of the molecule is CNS(=O)(=O)N(CC#N)Cc1ccncc1. The molecular formula is C9H12N4O2S. The van der Waals surface area contributed by atoms with E-state index in [9.17, 15) is 8.42 Å². The topological polar surface area (TPSA) is 86.1 Å². The Balaban J connectivity index is 2.86. The summed E-state index contributed by atoms with van der Waals surface area (Å²) in [6.45, 7) is -0.0370. The van der Waals surface area contributed by atoms with E-state index >= 15 is 0 Å². The zero-order valence-electron chi connectivity index (χ0n) is 8.79. The molecule has 0 aliphatic rings. The molecule has 0 saturated carbocycles. The highest BCUT2D eigenvalue weighted by atomic mass is 32.2. The van der Waals surface area contributed by atoms with Gasteiger partial charge in [0.1, 0.15) is 6.54 Å². The molecule has 0 atom stereocenters. The van der Waals surface area contributed by atoms with Crippen molar-refractivity contribution in [2.24, 2.45) is 0 Å². The van der Waals surface area contributed by atoms with Crippen LogP contribution in [0, 0.1) is 11.3 Å². The van der Waals surface area contributed by atoms with Crippen molar-refractivity contribution < 1.29 is 8.42 Å². The van der Waals surface area contributed by atoms with Crippen molar-refractivity contribution in [3.05, 3.63) is 30.1 Å². The molecule has 6 nitrogen and oxygen atoms in total. The molecule has 0 aliphatic carbocycles. The van der Waals surface area contributed by atoms with Gasteiger partial charge in [-0.05, 0) is 17.7 Å². The van der Waals surface area contributed by atoms with E-state index in [4.69, 9.17) is 5.26 Å². The highest BCUT2D eigenvalue weighted by Gasteiger charge is 2.19. The van der Waals surface area contributed by atoms with Gasteiger partial charge in [0.05, 0.1) is 6.07 Å². The minimum absolute atomic E-state index is 0.152. The first-order valence-electron chi connectivity index (χ1n) is 4.54. The fourth-order valence-electron chi connectivity index (χ4n) is 1.13. The molecule has 1 aromatic heterocycles. The Morgan fingerprint density at radius 1 is 1.50 bits per heavy atom. The lowest BCUT2D eigenvalue weighted by molar-refractivity contribution is 0.434. The van der Waals surface area contributed by atoms with E-state index in [1.165, 1.54) is 7.05 Å². The molecular weight excluding hydrogens is 228 g/mol. The summed E-state index contributed by atoms with van der Waals surface area (Å²) in [6.07, 6.45) is 3.15. The van der Waals surface area contributed by atoms with Crippen LogP contribution < -0.4 is 4.72 Å². The molecule has 1 aromatic rings. The van der Waals surface area contributed by atoms with Gasteiger partial charge in [0.25, 0.3) is 10.2 Å². The van der Waals surface area contributed by atoms with Crippen LogP contribution >= 0.6 is 0 Å². The van der Waals surface area contributed by atoms with Gasteiger partial charge in [0.15, 0.2) is 0 Å². The van der Waals surface area contributed by atoms with Crippen LogP contribution in [0.3, 0.4) is 0 Å². The minimum atomic E-state index is -3.58. The van der Waals surface area contributed by atoms with E-state index in [2.05, 4.69) is 9.71 Å². The van der Waals surface area contributed by atoms with Gasteiger partial charge in [-0.15, -0.1) is 0 Å². The molecule has 0 fully saturated rings. The first kappa shape index (κ1) is 12.6. The summed E-state index contributed by atoms with van der Waals surface area (Å²) in [6, 6.07) is 5.23. The fraction of sp³-hybridized carbons (Fsp3) is 0.333. The maximum atomic E-state index is 11.5. The molecule has 0 aliphatic heterocycles. The molecule has 1 N–H and O–H groups in total. The third-order valence-electron chi connectivity index (χ3n) is 1.95. The summed E-state index contributed by atoms with van der Waals surface area (Å²) < 4.78 is 26.3. The zero-order valence-corrected chi connectivity index (χ0v) is 9.61. The molecule has 0 bridgehead atoms. The van der Waals surface area contributed by atoms with Crippen LogP contribution in [-0.4, -0.2) is 31.3 Å². The number of hydrogen-bond acceptors (Lipinski definition) is 4. The summed E-state index contributed by atoms with van der Waals surface area (Å²) in [4.78, 5) is 3.83. The highest BCUT2D eigenvalue weighted by Crippen LogP contribution is 2.06. The van der Waals surface area contributed by atoms with Crippen molar-refractivity contribution >= 4 is 10.2 Å². The molecule has 7 heteroatoms. The van der Waals surface area contributed by atoms with Crippen LogP contribution in [0.25, 0.3) is 0 Å². The van der Waals surface area contributed by atoms with Gasteiger partial charge in [-0.2, -0.15) is 18.0 Å². The van der Waals surface area contributed by atoms with Crippen molar-refractivity contribution in [1.82, 2.24) is 14.0 Å². The highest BCUT2D eigenvalue weighted by molar-refractivity contribution is 7.87. The molecule has 0 spiro atoms. The van der Waals surface area contributed by atoms with Crippen LogP contribution in [0.5, 0.6) is 0 Å². The third-order valence-corrected chi connectivity index (χ3v) is 3.41. The molecule has 16 heavy (non-hydrogen) atoms. The zero-order chi connectivity index (χ0) is 12.0. The van der Waals surface area contributed by atoms with Gasteiger partial charge in [-0.1, -0.05) is 0 Å². The molecule has 0 unspecified atom stereocenters. The van der Waals surface area contributed by atoms with Gasteiger partial charge in [-0.3, -0.25) is 4.98 Å². The number of nitrogens with zero attached hydrogens (tertiary/aromatic N) is 3. The maximum Gasteiger partial charge on any atom is 0.280 e. The Morgan fingerprint density at radius 2 is 2.12 bits per heavy atom. The van der Waals surface area contributed by atoms with Crippen LogP contribution in [0.4, 0.5) is 0 Å².